The number of piperidine rings is 1. The van der Waals surface area contributed by atoms with Crippen molar-refractivity contribution in [2.75, 3.05) is 31.6 Å². The van der Waals surface area contributed by atoms with Crippen molar-refractivity contribution in [1.29, 1.82) is 0 Å². The van der Waals surface area contributed by atoms with E-state index in [9.17, 15) is 4.79 Å². The second-order valence-corrected chi connectivity index (χ2v) is 5.65. The summed E-state index contributed by atoms with van der Waals surface area (Å²) in [6, 6.07) is 4.45. The van der Waals surface area contributed by atoms with Gasteiger partial charge in [0.05, 0.1) is 0 Å². The lowest BCUT2D eigenvalue weighted by atomic mass is 9.90. The van der Waals surface area contributed by atoms with Crippen LogP contribution in [-0.2, 0) is 0 Å². The molecule has 1 fully saturated rings. The smallest absolute Gasteiger partial charge is 0.269 e. The first-order chi connectivity index (χ1) is 10.2. The molecule has 5 heteroatoms. The summed E-state index contributed by atoms with van der Waals surface area (Å²) >= 11 is 0. The molecule has 1 unspecified atom stereocenters. The highest BCUT2D eigenvalue weighted by molar-refractivity contribution is 5.92. The molecule has 0 aliphatic carbocycles. The minimum atomic E-state index is -0.132. The van der Waals surface area contributed by atoms with Gasteiger partial charge in [0.2, 0.25) is 0 Å². The van der Waals surface area contributed by atoms with E-state index in [4.69, 9.17) is 0 Å². The number of carbonyl (C=O) groups is 1. The van der Waals surface area contributed by atoms with Crippen molar-refractivity contribution < 1.29 is 4.79 Å². The predicted molar refractivity (Wildman–Crippen MR) is 85.7 cm³/mol. The number of amides is 1. The van der Waals surface area contributed by atoms with E-state index in [0.29, 0.717) is 11.7 Å². The van der Waals surface area contributed by atoms with Crippen LogP contribution in [0.2, 0.25) is 0 Å². The average molecular weight is 290 g/mol. The monoisotopic (exact) mass is 290 g/mol. The third kappa shape index (κ3) is 3.94. The summed E-state index contributed by atoms with van der Waals surface area (Å²) in [4.78, 5) is 18.1. The molecule has 0 saturated carbocycles. The van der Waals surface area contributed by atoms with Gasteiger partial charge < -0.3 is 15.5 Å². The maximum Gasteiger partial charge on any atom is 0.269 e. The highest BCUT2D eigenvalue weighted by Crippen LogP contribution is 2.25. The van der Waals surface area contributed by atoms with Crippen molar-refractivity contribution in [3.63, 3.8) is 0 Å². The largest absolute Gasteiger partial charge is 0.371 e. The molecule has 1 saturated heterocycles. The number of nitrogens with zero attached hydrogens (tertiary/aromatic N) is 2. The summed E-state index contributed by atoms with van der Waals surface area (Å²) in [6.07, 6.45) is 4.09. The Hall–Kier alpha value is -1.62. The molecule has 0 spiro atoms. The van der Waals surface area contributed by atoms with Gasteiger partial charge in [-0.05, 0) is 44.4 Å². The summed E-state index contributed by atoms with van der Waals surface area (Å²) in [5, 5.41) is 6.14. The van der Waals surface area contributed by atoms with Gasteiger partial charge in [-0.2, -0.15) is 0 Å². The summed E-state index contributed by atoms with van der Waals surface area (Å²) in [5.41, 5.74) is 1.58. The van der Waals surface area contributed by atoms with Gasteiger partial charge in [0.15, 0.2) is 0 Å². The van der Waals surface area contributed by atoms with Crippen LogP contribution in [0.3, 0.4) is 0 Å². The topological polar surface area (TPSA) is 57.3 Å². The Bertz CT molecular complexity index is 469. The van der Waals surface area contributed by atoms with E-state index in [2.05, 4.69) is 34.4 Å². The number of anilines is 1. The zero-order chi connectivity index (χ0) is 15.2. The highest BCUT2D eigenvalue weighted by atomic mass is 16.1. The Morgan fingerprint density at radius 1 is 1.48 bits per heavy atom. The van der Waals surface area contributed by atoms with Gasteiger partial charge in [0.1, 0.15) is 5.69 Å². The Kier molecular flexibility index (Phi) is 5.56. The first-order valence-electron chi connectivity index (χ1n) is 7.82. The first-order valence-corrected chi connectivity index (χ1v) is 7.82. The number of rotatable bonds is 5. The quantitative estimate of drug-likeness (QED) is 0.866. The van der Waals surface area contributed by atoms with Crippen molar-refractivity contribution >= 4 is 11.6 Å². The molecule has 1 aliphatic rings. The third-order valence-corrected chi connectivity index (χ3v) is 4.34. The van der Waals surface area contributed by atoms with Gasteiger partial charge in [-0.3, -0.25) is 9.78 Å². The Labute approximate surface area is 127 Å². The van der Waals surface area contributed by atoms with Crippen molar-refractivity contribution in [2.24, 2.45) is 5.92 Å². The first kappa shape index (κ1) is 15.8. The fourth-order valence-electron chi connectivity index (χ4n) is 3.01. The van der Waals surface area contributed by atoms with Crippen molar-refractivity contribution in [2.45, 2.75) is 32.7 Å². The molecule has 0 radical (unpaired) electrons. The normalized spacial score (nSPS) is 17.6. The summed E-state index contributed by atoms with van der Waals surface area (Å²) in [5.74, 6) is 0.606. The number of pyridine rings is 1. The summed E-state index contributed by atoms with van der Waals surface area (Å²) in [6.45, 7) is 7.54. The fraction of sp³-hybridized carbons (Fsp3) is 0.625. The fourth-order valence-corrected chi connectivity index (χ4v) is 3.01. The summed E-state index contributed by atoms with van der Waals surface area (Å²) < 4.78 is 0. The number of hydrogen-bond donors (Lipinski definition) is 2. The van der Waals surface area contributed by atoms with E-state index >= 15 is 0 Å². The van der Waals surface area contributed by atoms with Gasteiger partial charge in [0, 0.05) is 38.1 Å². The average Bonchev–Trinajstić information content (AvgIpc) is 2.54. The Balaban J connectivity index is 1.97. The zero-order valence-corrected chi connectivity index (χ0v) is 13.2. The van der Waals surface area contributed by atoms with Crippen LogP contribution in [0.1, 0.15) is 37.2 Å². The predicted octanol–water partition coefficient (Wildman–Crippen LogP) is 1.66. The van der Waals surface area contributed by atoms with E-state index in [1.165, 1.54) is 12.8 Å². The molecule has 0 bridgehead atoms. The van der Waals surface area contributed by atoms with Crippen LogP contribution in [0.4, 0.5) is 5.69 Å². The molecule has 1 amide bonds. The molecule has 0 aromatic carbocycles. The molecule has 21 heavy (non-hydrogen) atoms. The molecule has 116 valence electrons. The molecule has 5 nitrogen and oxygen atoms in total. The lowest BCUT2D eigenvalue weighted by Crippen LogP contribution is -2.42. The second-order valence-electron chi connectivity index (χ2n) is 5.65. The van der Waals surface area contributed by atoms with E-state index in [-0.39, 0.29) is 5.91 Å². The van der Waals surface area contributed by atoms with E-state index in [1.807, 2.05) is 12.1 Å². The van der Waals surface area contributed by atoms with E-state index < -0.39 is 0 Å². The van der Waals surface area contributed by atoms with Crippen molar-refractivity contribution in [3.8, 4) is 0 Å². The third-order valence-electron chi connectivity index (χ3n) is 4.34. The molecular weight excluding hydrogens is 264 g/mol. The van der Waals surface area contributed by atoms with Crippen LogP contribution in [-0.4, -0.2) is 43.6 Å². The van der Waals surface area contributed by atoms with Gasteiger partial charge in [-0.15, -0.1) is 0 Å². The molecule has 2 heterocycles. The minimum absolute atomic E-state index is 0.132. The van der Waals surface area contributed by atoms with Gasteiger partial charge in [-0.1, -0.05) is 6.92 Å². The Morgan fingerprint density at radius 3 is 2.81 bits per heavy atom. The molecule has 2 rings (SSSR count). The maximum absolute atomic E-state index is 11.7. The lowest BCUT2D eigenvalue weighted by molar-refractivity contribution is 0.0958. The maximum atomic E-state index is 11.7. The Morgan fingerprint density at radius 2 is 2.19 bits per heavy atom. The number of aromatic nitrogens is 1. The molecule has 1 aliphatic heterocycles. The van der Waals surface area contributed by atoms with Crippen LogP contribution >= 0.6 is 0 Å². The SMILES string of the molecule is CCNC(C)C1CCN(c2ccnc(C(=O)NC)c2)CC1. The van der Waals surface area contributed by atoms with Gasteiger partial charge >= 0.3 is 0 Å². The molecule has 1 atom stereocenters. The number of carbonyl (C=O) groups excluding carboxylic acids is 1. The van der Waals surface area contributed by atoms with Crippen LogP contribution in [0.25, 0.3) is 0 Å². The summed E-state index contributed by atoms with van der Waals surface area (Å²) in [7, 11) is 1.63. The number of nitrogens with one attached hydrogen (secondary N) is 2. The highest BCUT2D eigenvalue weighted by Gasteiger charge is 2.23. The molecule has 2 N–H and O–H groups in total. The lowest BCUT2D eigenvalue weighted by Gasteiger charge is -2.36. The minimum Gasteiger partial charge on any atom is -0.371 e. The second kappa shape index (κ2) is 7.41. The van der Waals surface area contributed by atoms with Gasteiger partial charge in [0.25, 0.3) is 5.91 Å². The van der Waals surface area contributed by atoms with Crippen LogP contribution in [0.5, 0.6) is 0 Å². The van der Waals surface area contributed by atoms with Crippen LogP contribution in [0, 0.1) is 5.92 Å². The molecule has 1 aromatic heterocycles. The van der Waals surface area contributed by atoms with Crippen molar-refractivity contribution in [3.05, 3.63) is 24.0 Å². The van der Waals surface area contributed by atoms with Crippen molar-refractivity contribution in [1.82, 2.24) is 15.6 Å². The molecule has 1 aromatic rings. The van der Waals surface area contributed by atoms with E-state index in [1.54, 1.807) is 13.2 Å². The van der Waals surface area contributed by atoms with Gasteiger partial charge in [-0.25, -0.2) is 0 Å². The standard InChI is InChI=1S/C16H26N4O/c1-4-18-12(2)13-6-9-20(10-7-13)14-5-8-19-15(11-14)16(21)17-3/h5,8,11-13,18H,4,6-7,9-10H2,1-3H3,(H,17,21). The number of hydrogen-bond acceptors (Lipinski definition) is 4. The van der Waals surface area contributed by atoms with Crippen LogP contribution in [0.15, 0.2) is 18.3 Å². The zero-order valence-electron chi connectivity index (χ0n) is 13.2. The van der Waals surface area contributed by atoms with Crippen LogP contribution < -0.4 is 15.5 Å². The van der Waals surface area contributed by atoms with E-state index in [0.717, 1.165) is 31.2 Å². The molecular formula is C16H26N4O.